The first-order valence-electron chi connectivity index (χ1n) is 5.92. The van der Waals surface area contributed by atoms with Crippen molar-refractivity contribution in [2.24, 2.45) is 0 Å². The molecule has 1 atom stereocenters. The lowest BCUT2D eigenvalue weighted by atomic mass is 10.1. The Morgan fingerprint density at radius 2 is 2.15 bits per heavy atom. The minimum atomic E-state index is -0.857. The van der Waals surface area contributed by atoms with Crippen molar-refractivity contribution in [2.45, 2.75) is 12.5 Å². The van der Waals surface area contributed by atoms with Crippen LogP contribution < -0.4 is 10.1 Å². The molecule has 7 nitrogen and oxygen atoms in total. The molecule has 1 unspecified atom stereocenters. The summed E-state index contributed by atoms with van der Waals surface area (Å²) in [6.45, 7) is 0. The Kier molecular flexibility index (Phi) is 3.60. The normalized spacial score (nSPS) is 18.3. The molecule has 1 aromatic carbocycles. The van der Waals surface area contributed by atoms with Crippen LogP contribution in [0.5, 0.6) is 11.5 Å². The highest BCUT2D eigenvalue weighted by molar-refractivity contribution is 6.08. The van der Waals surface area contributed by atoms with Crippen LogP contribution in [0.25, 0.3) is 0 Å². The molecule has 2 N–H and O–H groups in total. The van der Waals surface area contributed by atoms with Gasteiger partial charge in [-0.25, -0.2) is 0 Å². The molecule has 2 rings (SSSR count). The number of hydrogen-bond donors (Lipinski definition) is 2. The first kappa shape index (κ1) is 13.9. The van der Waals surface area contributed by atoms with Gasteiger partial charge in [-0.3, -0.25) is 19.3 Å². The monoisotopic (exact) mass is 278 g/mol. The number of rotatable bonds is 3. The van der Waals surface area contributed by atoms with Gasteiger partial charge >= 0.3 is 0 Å². The third kappa shape index (κ3) is 2.42. The summed E-state index contributed by atoms with van der Waals surface area (Å²) in [6.07, 6.45) is -0.0524. The van der Waals surface area contributed by atoms with E-state index in [0.29, 0.717) is 0 Å². The lowest BCUT2D eigenvalue weighted by Crippen LogP contribution is -2.40. The van der Waals surface area contributed by atoms with Crippen molar-refractivity contribution in [3.8, 4) is 11.5 Å². The van der Waals surface area contributed by atoms with Crippen LogP contribution in [0.3, 0.4) is 0 Å². The van der Waals surface area contributed by atoms with Gasteiger partial charge in [-0.15, -0.1) is 0 Å². The minimum Gasteiger partial charge on any atom is -0.504 e. The summed E-state index contributed by atoms with van der Waals surface area (Å²) in [5.41, 5.74) is 0.179. The van der Waals surface area contributed by atoms with Gasteiger partial charge in [0.05, 0.1) is 13.5 Å². The number of benzene rings is 1. The maximum atomic E-state index is 12.0. The SMILES string of the molecule is COc1ccc(C(=O)NC2CC(=O)N(C)C2=O)cc1O. The summed E-state index contributed by atoms with van der Waals surface area (Å²) >= 11 is 0. The topological polar surface area (TPSA) is 95.9 Å². The first-order valence-corrected chi connectivity index (χ1v) is 5.92. The lowest BCUT2D eigenvalue weighted by molar-refractivity contribution is -0.137. The maximum absolute atomic E-state index is 12.0. The third-order valence-electron chi connectivity index (χ3n) is 3.13. The fraction of sp³-hybridized carbons (Fsp3) is 0.308. The molecule has 106 valence electrons. The number of methoxy groups -OCH3 is 1. The summed E-state index contributed by atoms with van der Waals surface area (Å²) < 4.78 is 4.87. The second-order valence-corrected chi connectivity index (χ2v) is 4.41. The van der Waals surface area contributed by atoms with Crippen LogP contribution in [0.2, 0.25) is 0 Å². The van der Waals surface area contributed by atoms with Gasteiger partial charge in [0.1, 0.15) is 6.04 Å². The van der Waals surface area contributed by atoms with E-state index >= 15 is 0 Å². The molecule has 0 aliphatic carbocycles. The summed E-state index contributed by atoms with van der Waals surface area (Å²) in [5, 5.41) is 12.1. The molecule has 20 heavy (non-hydrogen) atoms. The van der Waals surface area contributed by atoms with Crippen molar-refractivity contribution in [3.63, 3.8) is 0 Å². The van der Waals surface area contributed by atoms with Crippen LogP contribution in [0.15, 0.2) is 18.2 Å². The van der Waals surface area contributed by atoms with E-state index in [2.05, 4.69) is 5.32 Å². The maximum Gasteiger partial charge on any atom is 0.252 e. The van der Waals surface area contributed by atoms with Crippen molar-refractivity contribution in [1.82, 2.24) is 10.2 Å². The zero-order chi connectivity index (χ0) is 14.9. The Balaban J connectivity index is 2.11. The number of hydrogen-bond acceptors (Lipinski definition) is 5. The molecular formula is C13H14N2O5. The number of phenols is 1. The Labute approximate surface area is 115 Å². The molecule has 1 fully saturated rings. The summed E-state index contributed by atoms with van der Waals surface area (Å²) in [6, 6.07) is 3.28. The molecule has 1 aliphatic heterocycles. The summed E-state index contributed by atoms with van der Waals surface area (Å²) in [5.74, 6) is -1.25. The van der Waals surface area contributed by atoms with Gasteiger partial charge in [0.15, 0.2) is 11.5 Å². The molecule has 0 radical (unpaired) electrons. The fourth-order valence-corrected chi connectivity index (χ4v) is 1.94. The second kappa shape index (κ2) is 5.20. The van der Waals surface area contributed by atoms with Gasteiger partial charge in [-0.05, 0) is 18.2 Å². The average molecular weight is 278 g/mol. The van der Waals surface area contributed by atoms with E-state index in [4.69, 9.17) is 4.74 Å². The number of imide groups is 1. The summed E-state index contributed by atoms with van der Waals surface area (Å²) in [4.78, 5) is 36.0. The molecule has 1 aliphatic rings. The van der Waals surface area contributed by atoms with Crippen molar-refractivity contribution in [1.29, 1.82) is 0 Å². The Bertz CT molecular complexity index is 584. The van der Waals surface area contributed by atoms with Crippen LogP contribution in [0.4, 0.5) is 0 Å². The predicted octanol–water partition coefficient (Wildman–Crippen LogP) is -0.112. The average Bonchev–Trinajstić information content (AvgIpc) is 2.66. The highest BCUT2D eigenvalue weighted by atomic mass is 16.5. The second-order valence-electron chi connectivity index (χ2n) is 4.41. The largest absolute Gasteiger partial charge is 0.504 e. The minimum absolute atomic E-state index is 0.0524. The van der Waals surface area contributed by atoms with Crippen molar-refractivity contribution < 1.29 is 24.2 Å². The van der Waals surface area contributed by atoms with Gasteiger partial charge in [0, 0.05) is 12.6 Å². The van der Waals surface area contributed by atoms with Crippen molar-refractivity contribution in [3.05, 3.63) is 23.8 Å². The van der Waals surface area contributed by atoms with Crippen LogP contribution in [0, 0.1) is 0 Å². The quantitative estimate of drug-likeness (QED) is 0.752. The van der Waals surface area contributed by atoms with Crippen LogP contribution in [0.1, 0.15) is 16.8 Å². The smallest absolute Gasteiger partial charge is 0.252 e. The fourth-order valence-electron chi connectivity index (χ4n) is 1.94. The number of likely N-dealkylation sites (tertiary alicyclic amines) is 1. The van der Waals surface area contributed by atoms with E-state index in [9.17, 15) is 19.5 Å². The highest BCUT2D eigenvalue weighted by Crippen LogP contribution is 2.26. The number of likely N-dealkylation sites (N-methyl/N-ethyl adjacent to an activating group) is 1. The number of carbonyl (C=O) groups is 3. The van der Waals surface area contributed by atoms with E-state index < -0.39 is 17.9 Å². The molecule has 1 aromatic rings. The van der Waals surface area contributed by atoms with E-state index in [0.717, 1.165) is 4.90 Å². The zero-order valence-corrected chi connectivity index (χ0v) is 11.0. The number of carbonyl (C=O) groups excluding carboxylic acids is 3. The standard InChI is InChI=1S/C13H14N2O5/c1-15-11(17)6-8(13(15)19)14-12(18)7-3-4-10(20-2)9(16)5-7/h3-5,8,16H,6H2,1-2H3,(H,14,18). The van der Waals surface area contributed by atoms with E-state index in [1.807, 2.05) is 0 Å². The molecule has 0 spiro atoms. The van der Waals surface area contributed by atoms with Gasteiger partial charge in [-0.2, -0.15) is 0 Å². The number of nitrogens with zero attached hydrogens (tertiary/aromatic N) is 1. The predicted molar refractivity (Wildman–Crippen MR) is 68.3 cm³/mol. The molecule has 3 amide bonds. The number of aromatic hydroxyl groups is 1. The van der Waals surface area contributed by atoms with Gasteiger partial charge in [0.2, 0.25) is 5.91 Å². The number of ether oxygens (including phenoxy) is 1. The molecule has 0 aromatic heterocycles. The molecular weight excluding hydrogens is 264 g/mol. The van der Waals surface area contributed by atoms with E-state index in [1.165, 1.54) is 32.4 Å². The van der Waals surface area contributed by atoms with E-state index in [1.54, 1.807) is 0 Å². The Morgan fingerprint density at radius 3 is 2.65 bits per heavy atom. The van der Waals surface area contributed by atoms with Gasteiger partial charge in [-0.1, -0.05) is 0 Å². The first-order chi connectivity index (χ1) is 9.43. The molecule has 1 heterocycles. The number of nitrogens with one attached hydrogen (secondary N) is 1. The van der Waals surface area contributed by atoms with Crippen molar-refractivity contribution >= 4 is 17.7 Å². The molecule has 1 saturated heterocycles. The van der Waals surface area contributed by atoms with Crippen molar-refractivity contribution in [2.75, 3.05) is 14.2 Å². The lowest BCUT2D eigenvalue weighted by Gasteiger charge is -2.11. The van der Waals surface area contributed by atoms with Gasteiger partial charge < -0.3 is 15.2 Å². The Morgan fingerprint density at radius 1 is 1.45 bits per heavy atom. The van der Waals surface area contributed by atoms with Crippen LogP contribution in [-0.4, -0.2) is 47.9 Å². The molecule has 7 heteroatoms. The number of phenolic OH excluding ortho intramolecular Hbond substituents is 1. The number of amides is 3. The van der Waals surface area contributed by atoms with Gasteiger partial charge in [0.25, 0.3) is 11.8 Å². The zero-order valence-electron chi connectivity index (χ0n) is 11.0. The van der Waals surface area contributed by atoms with Crippen LogP contribution >= 0.6 is 0 Å². The van der Waals surface area contributed by atoms with E-state index in [-0.39, 0.29) is 29.4 Å². The summed E-state index contributed by atoms with van der Waals surface area (Å²) in [7, 11) is 2.77. The van der Waals surface area contributed by atoms with Crippen LogP contribution in [-0.2, 0) is 9.59 Å². The highest BCUT2D eigenvalue weighted by Gasteiger charge is 2.37. The molecule has 0 bridgehead atoms. The molecule has 0 saturated carbocycles. The Hall–Kier alpha value is -2.57. The third-order valence-corrected chi connectivity index (χ3v) is 3.13.